The van der Waals surface area contributed by atoms with Crippen molar-refractivity contribution in [3.05, 3.63) is 30.1 Å². The molecule has 0 aliphatic rings. The van der Waals surface area contributed by atoms with E-state index in [0.29, 0.717) is 6.04 Å². The van der Waals surface area contributed by atoms with Gasteiger partial charge in [0.15, 0.2) is 0 Å². The van der Waals surface area contributed by atoms with Gasteiger partial charge in [0.1, 0.15) is 0 Å². The third-order valence-corrected chi connectivity index (χ3v) is 3.16. The van der Waals surface area contributed by atoms with Crippen LogP contribution in [-0.2, 0) is 0 Å². The molecule has 0 radical (unpaired) electrons. The molecular formula is C13H16N2O2. The Bertz CT molecular complexity index is 541. The van der Waals surface area contributed by atoms with Gasteiger partial charge in [-0.1, -0.05) is 13.8 Å². The molecule has 0 aliphatic carbocycles. The molecule has 2 aromatic rings. The summed E-state index contributed by atoms with van der Waals surface area (Å²) < 4.78 is 2.13. The molecule has 0 atom stereocenters. The number of carboxylic acid groups (broad SMARTS) is 1. The fourth-order valence-electron chi connectivity index (χ4n) is 2.14. The Hall–Kier alpha value is -1.84. The second-order valence-corrected chi connectivity index (χ2v) is 4.13. The van der Waals surface area contributed by atoms with E-state index in [1.165, 1.54) is 0 Å². The summed E-state index contributed by atoms with van der Waals surface area (Å²) in [6.07, 6.45) is 3.89. The van der Waals surface area contributed by atoms with Crippen LogP contribution >= 0.6 is 0 Å². The molecule has 90 valence electrons. The molecule has 1 N–H and O–H groups in total. The van der Waals surface area contributed by atoms with Crippen LogP contribution in [0.3, 0.4) is 0 Å². The minimum absolute atomic E-state index is 0.285. The van der Waals surface area contributed by atoms with Crippen LogP contribution in [-0.4, -0.2) is 20.6 Å². The molecule has 0 unspecified atom stereocenters. The number of benzene rings is 1. The van der Waals surface area contributed by atoms with Gasteiger partial charge in [-0.3, -0.25) is 0 Å². The minimum Gasteiger partial charge on any atom is -0.478 e. The maximum Gasteiger partial charge on any atom is 0.335 e. The van der Waals surface area contributed by atoms with Crippen molar-refractivity contribution in [3.63, 3.8) is 0 Å². The highest BCUT2D eigenvalue weighted by atomic mass is 16.4. The van der Waals surface area contributed by atoms with Crippen LogP contribution in [0.25, 0.3) is 11.0 Å². The largest absolute Gasteiger partial charge is 0.478 e. The SMILES string of the molecule is CCC(CC)n1cnc2cc(C(=O)O)ccc21. The Morgan fingerprint density at radius 1 is 1.41 bits per heavy atom. The van der Waals surface area contributed by atoms with Gasteiger partial charge in [-0.15, -0.1) is 0 Å². The van der Waals surface area contributed by atoms with Crippen molar-refractivity contribution in [2.75, 3.05) is 0 Å². The lowest BCUT2D eigenvalue weighted by molar-refractivity contribution is 0.0697. The van der Waals surface area contributed by atoms with Crippen molar-refractivity contribution in [1.29, 1.82) is 0 Å². The van der Waals surface area contributed by atoms with Gasteiger partial charge in [-0.05, 0) is 31.0 Å². The zero-order valence-electron chi connectivity index (χ0n) is 10.1. The van der Waals surface area contributed by atoms with Gasteiger partial charge >= 0.3 is 5.97 Å². The normalized spacial score (nSPS) is 11.2. The minimum atomic E-state index is -0.913. The molecule has 1 aromatic heterocycles. The highest BCUT2D eigenvalue weighted by Crippen LogP contribution is 2.23. The third-order valence-electron chi connectivity index (χ3n) is 3.16. The van der Waals surface area contributed by atoms with Crippen molar-refractivity contribution >= 4 is 17.0 Å². The van der Waals surface area contributed by atoms with Gasteiger partial charge in [-0.2, -0.15) is 0 Å². The molecule has 0 fully saturated rings. The second-order valence-electron chi connectivity index (χ2n) is 4.13. The lowest BCUT2D eigenvalue weighted by Gasteiger charge is -2.15. The van der Waals surface area contributed by atoms with Crippen LogP contribution in [0, 0.1) is 0 Å². The predicted octanol–water partition coefficient (Wildman–Crippen LogP) is 3.10. The van der Waals surface area contributed by atoms with E-state index in [4.69, 9.17) is 5.11 Å². The van der Waals surface area contributed by atoms with E-state index in [9.17, 15) is 4.79 Å². The molecule has 2 rings (SSSR count). The number of aromatic carboxylic acids is 1. The second kappa shape index (κ2) is 4.57. The molecule has 0 saturated carbocycles. The van der Waals surface area contributed by atoms with Gasteiger partial charge in [0, 0.05) is 6.04 Å². The smallest absolute Gasteiger partial charge is 0.335 e. The van der Waals surface area contributed by atoms with Gasteiger partial charge in [0.25, 0.3) is 0 Å². The van der Waals surface area contributed by atoms with E-state index in [-0.39, 0.29) is 5.56 Å². The van der Waals surface area contributed by atoms with Crippen molar-refractivity contribution in [2.45, 2.75) is 32.7 Å². The summed E-state index contributed by atoms with van der Waals surface area (Å²) in [4.78, 5) is 15.1. The van der Waals surface area contributed by atoms with Crippen LogP contribution in [0.4, 0.5) is 0 Å². The highest BCUT2D eigenvalue weighted by Gasteiger charge is 2.12. The summed E-state index contributed by atoms with van der Waals surface area (Å²) in [5.41, 5.74) is 2.03. The van der Waals surface area contributed by atoms with Gasteiger partial charge < -0.3 is 9.67 Å². The molecule has 4 nitrogen and oxygen atoms in total. The Morgan fingerprint density at radius 2 is 2.12 bits per heavy atom. The summed E-state index contributed by atoms with van der Waals surface area (Å²) in [5.74, 6) is -0.913. The molecule has 4 heteroatoms. The Morgan fingerprint density at radius 3 is 2.71 bits per heavy atom. The zero-order valence-corrected chi connectivity index (χ0v) is 10.1. The number of imidazole rings is 1. The fraction of sp³-hybridized carbons (Fsp3) is 0.385. The number of carboxylic acids is 1. The van der Waals surface area contributed by atoms with Crippen LogP contribution in [0.15, 0.2) is 24.5 Å². The topological polar surface area (TPSA) is 55.1 Å². The van der Waals surface area contributed by atoms with Gasteiger partial charge in [0.05, 0.1) is 22.9 Å². The lowest BCUT2D eigenvalue weighted by Crippen LogP contribution is -2.05. The summed E-state index contributed by atoms with van der Waals surface area (Å²) >= 11 is 0. The molecule has 0 aliphatic heterocycles. The molecule has 1 heterocycles. The number of aromatic nitrogens is 2. The molecular weight excluding hydrogens is 216 g/mol. The van der Waals surface area contributed by atoms with E-state index in [1.807, 2.05) is 6.07 Å². The molecule has 17 heavy (non-hydrogen) atoms. The summed E-state index contributed by atoms with van der Waals surface area (Å²) in [6.45, 7) is 4.29. The number of hydrogen-bond acceptors (Lipinski definition) is 2. The van der Waals surface area contributed by atoms with Crippen molar-refractivity contribution in [2.24, 2.45) is 0 Å². The molecule has 0 bridgehead atoms. The average Bonchev–Trinajstić information content (AvgIpc) is 2.74. The Labute approximate surface area is 99.9 Å². The summed E-state index contributed by atoms with van der Waals surface area (Å²) in [5, 5.41) is 8.92. The first-order valence-corrected chi connectivity index (χ1v) is 5.87. The number of rotatable bonds is 4. The van der Waals surface area contributed by atoms with Gasteiger partial charge in [-0.25, -0.2) is 9.78 Å². The number of carbonyl (C=O) groups is 1. The molecule has 0 saturated heterocycles. The maximum atomic E-state index is 10.9. The number of nitrogens with zero attached hydrogens (tertiary/aromatic N) is 2. The Kier molecular flexibility index (Phi) is 3.13. The van der Waals surface area contributed by atoms with Crippen molar-refractivity contribution in [1.82, 2.24) is 9.55 Å². The van der Waals surface area contributed by atoms with E-state index in [2.05, 4.69) is 23.4 Å². The quantitative estimate of drug-likeness (QED) is 0.881. The van der Waals surface area contributed by atoms with Crippen LogP contribution in [0.1, 0.15) is 43.1 Å². The summed E-state index contributed by atoms with van der Waals surface area (Å²) in [6, 6.07) is 5.52. The number of fused-ring (bicyclic) bond motifs is 1. The third kappa shape index (κ3) is 2.02. The van der Waals surface area contributed by atoms with E-state index < -0.39 is 5.97 Å². The zero-order chi connectivity index (χ0) is 12.4. The average molecular weight is 232 g/mol. The fourth-order valence-corrected chi connectivity index (χ4v) is 2.14. The van der Waals surface area contributed by atoms with Crippen LogP contribution in [0.2, 0.25) is 0 Å². The predicted molar refractivity (Wildman–Crippen MR) is 66.3 cm³/mol. The van der Waals surface area contributed by atoms with Crippen molar-refractivity contribution in [3.8, 4) is 0 Å². The van der Waals surface area contributed by atoms with Gasteiger partial charge in [0.2, 0.25) is 0 Å². The first kappa shape index (κ1) is 11.6. The molecule has 1 aromatic carbocycles. The molecule has 0 amide bonds. The standard InChI is InChI=1S/C13H16N2O2/c1-3-10(4-2)15-8-14-11-7-9(13(16)17)5-6-12(11)15/h5-8,10H,3-4H2,1-2H3,(H,16,17). The monoisotopic (exact) mass is 232 g/mol. The van der Waals surface area contributed by atoms with Crippen LogP contribution < -0.4 is 0 Å². The lowest BCUT2D eigenvalue weighted by atomic mass is 10.1. The van der Waals surface area contributed by atoms with Crippen LogP contribution in [0.5, 0.6) is 0 Å². The molecule has 0 spiro atoms. The Balaban J connectivity index is 2.51. The van der Waals surface area contributed by atoms with E-state index in [1.54, 1.807) is 18.5 Å². The van der Waals surface area contributed by atoms with Crippen molar-refractivity contribution < 1.29 is 9.90 Å². The van der Waals surface area contributed by atoms with E-state index >= 15 is 0 Å². The highest BCUT2D eigenvalue weighted by molar-refractivity contribution is 5.92. The first-order valence-electron chi connectivity index (χ1n) is 5.87. The maximum absolute atomic E-state index is 10.9. The number of hydrogen-bond donors (Lipinski definition) is 1. The van der Waals surface area contributed by atoms with E-state index in [0.717, 1.165) is 23.9 Å². The summed E-state index contributed by atoms with van der Waals surface area (Å²) in [7, 11) is 0. The first-order chi connectivity index (χ1) is 8.17.